The number of nitrogen functional groups attached to an aromatic ring is 1. The first-order valence-electron chi connectivity index (χ1n) is 5.44. The van der Waals surface area contributed by atoms with Gasteiger partial charge in [-0.05, 0) is 24.1 Å². The lowest BCUT2D eigenvalue weighted by Gasteiger charge is -1.99. The van der Waals surface area contributed by atoms with Crippen LogP contribution in [0.2, 0.25) is 0 Å². The summed E-state index contributed by atoms with van der Waals surface area (Å²) in [4.78, 5) is 4.20. The molecule has 90 valence electrons. The van der Waals surface area contributed by atoms with Crippen molar-refractivity contribution in [1.29, 1.82) is 0 Å². The summed E-state index contributed by atoms with van der Waals surface area (Å²) in [5.74, 6) is 0.930. The minimum Gasteiger partial charge on any atom is -0.398 e. The molecule has 0 atom stereocenters. The molecule has 0 bridgehead atoms. The Labute approximate surface area is 98.6 Å². The first kappa shape index (κ1) is 11.6. The zero-order valence-electron chi connectivity index (χ0n) is 9.77. The molecule has 2 N–H and O–H groups in total. The maximum atomic E-state index is 13.1. The van der Waals surface area contributed by atoms with Gasteiger partial charge in [-0.1, -0.05) is 19.0 Å². The fourth-order valence-electron chi connectivity index (χ4n) is 1.53. The third-order valence-corrected chi connectivity index (χ3v) is 2.30. The number of aromatic nitrogens is 2. The van der Waals surface area contributed by atoms with E-state index in [1.807, 2.05) is 0 Å². The Morgan fingerprint density at radius 3 is 2.88 bits per heavy atom. The zero-order valence-corrected chi connectivity index (χ0v) is 9.77. The largest absolute Gasteiger partial charge is 0.398 e. The van der Waals surface area contributed by atoms with E-state index in [1.165, 1.54) is 18.2 Å². The number of hydrogen-bond donors (Lipinski definition) is 1. The summed E-state index contributed by atoms with van der Waals surface area (Å²) in [6.45, 7) is 4.12. The monoisotopic (exact) mass is 235 g/mol. The maximum Gasteiger partial charge on any atom is 0.260 e. The fraction of sp³-hybridized carbons (Fsp3) is 0.333. The van der Waals surface area contributed by atoms with Crippen molar-refractivity contribution in [3.63, 3.8) is 0 Å². The lowest BCUT2D eigenvalue weighted by atomic mass is 10.1. The molecule has 0 aliphatic heterocycles. The van der Waals surface area contributed by atoms with Crippen LogP contribution in [-0.2, 0) is 6.42 Å². The van der Waals surface area contributed by atoms with E-state index in [0.29, 0.717) is 23.0 Å². The van der Waals surface area contributed by atoms with Crippen molar-refractivity contribution in [2.24, 2.45) is 5.92 Å². The van der Waals surface area contributed by atoms with Crippen molar-refractivity contribution in [3.05, 3.63) is 29.8 Å². The second-order valence-corrected chi connectivity index (χ2v) is 4.35. The minimum absolute atomic E-state index is 0.262. The predicted molar refractivity (Wildman–Crippen MR) is 62.6 cm³/mol. The number of nitrogens with two attached hydrogens (primary N) is 1. The van der Waals surface area contributed by atoms with Gasteiger partial charge in [-0.2, -0.15) is 4.98 Å². The molecular weight excluding hydrogens is 221 g/mol. The van der Waals surface area contributed by atoms with Crippen molar-refractivity contribution < 1.29 is 8.91 Å². The maximum absolute atomic E-state index is 13.1. The summed E-state index contributed by atoms with van der Waals surface area (Å²) in [6, 6.07) is 4.07. The second-order valence-electron chi connectivity index (χ2n) is 4.35. The molecule has 1 heterocycles. The summed E-state index contributed by atoms with van der Waals surface area (Å²) in [6.07, 6.45) is 0.721. The van der Waals surface area contributed by atoms with Gasteiger partial charge in [0.2, 0.25) is 0 Å². The number of nitrogens with zero attached hydrogens (tertiary/aromatic N) is 2. The van der Waals surface area contributed by atoms with Gasteiger partial charge in [0.1, 0.15) is 5.82 Å². The Morgan fingerprint density at radius 2 is 2.18 bits per heavy atom. The lowest BCUT2D eigenvalue weighted by molar-refractivity contribution is 0.417. The van der Waals surface area contributed by atoms with Gasteiger partial charge in [-0.15, -0.1) is 0 Å². The highest BCUT2D eigenvalue weighted by molar-refractivity contribution is 5.70. The Morgan fingerprint density at radius 1 is 1.41 bits per heavy atom. The van der Waals surface area contributed by atoms with Crippen molar-refractivity contribution in [2.45, 2.75) is 20.3 Å². The average Bonchev–Trinajstić information content (AvgIpc) is 2.69. The van der Waals surface area contributed by atoms with Crippen molar-refractivity contribution in [1.82, 2.24) is 10.1 Å². The number of benzene rings is 1. The highest BCUT2D eigenvalue weighted by atomic mass is 19.1. The molecule has 0 radical (unpaired) electrons. The topological polar surface area (TPSA) is 64.9 Å². The van der Waals surface area contributed by atoms with Crippen LogP contribution in [0.15, 0.2) is 22.7 Å². The van der Waals surface area contributed by atoms with E-state index in [9.17, 15) is 4.39 Å². The summed E-state index contributed by atoms with van der Waals surface area (Å²) in [5, 5.41) is 3.84. The number of halogens is 1. The summed E-state index contributed by atoms with van der Waals surface area (Å²) >= 11 is 0. The van der Waals surface area contributed by atoms with Gasteiger partial charge in [-0.25, -0.2) is 4.39 Å². The second kappa shape index (κ2) is 4.53. The molecule has 17 heavy (non-hydrogen) atoms. The summed E-state index contributed by atoms with van der Waals surface area (Å²) in [5.41, 5.74) is 6.60. The molecule has 0 aliphatic rings. The molecule has 0 saturated carbocycles. The third kappa shape index (κ3) is 2.61. The van der Waals surface area contributed by atoms with E-state index in [4.69, 9.17) is 10.3 Å². The van der Waals surface area contributed by atoms with E-state index in [2.05, 4.69) is 24.0 Å². The zero-order chi connectivity index (χ0) is 12.4. The first-order chi connectivity index (χ1) is 8.06. The van der Waals surface area contributed by atoms with E-state index < -0.39 is 0 Å². The number of anilines is 1. The van der Waals surface area contributed by atoms with Gasteiger partial charge >= 0.3 is 0 Å². The van der Waals surface area contributed by atoms with Gasteiger partial charge in [0.15, 0.2) is 5.82 Å². The van der Waals surface area contributed by atoms with Crippen LogP contribution in [0.5, 0.6) is 0 Å². The molecule has 2 rings (SSSR count). The Bertz CT molecular complexity index is 522. The molecule has 0 saturated heterocycles. The SMILES string of the molecule is CC(C)Cc1noc(-c2cc(F)ccc2N)n1. The van der Waals surface area contributed by atoms with Gasteiger partial charge < -0.3 is 10.3 Å². The molecular formula is C12H14FN3O. The Hall–Kier alpha value is -1.91. The van der Waals surface area contributed by atoms with Gasteiger partial charge in [0, 0.05) is 12.1 Å². The van der Waals surface area contributed by atoms with E-state index in [0.717, 1.165) is 6.42 Å². The lowest BCUT2D eigenvalue weighted by Crippen LogP contribution is -1.96. The van der Waals surface area contributed by atoms with E-state index in [-0.39, 0.29) is 11.7 Å². The average molecular weight is 235 g/mol. The third-order valence-electron chi connectivity index (χ3n) is 2.30. The standard InChI is InChI=1S/C12H14FN3O/c1-7(2)5-11-15-12(17-16-11)9-6-8(13)3-4-10(9)14/h3-4,6-7H,5,14H2,1-2H3. The Kier molecular flexibility index (Phi) is 3.08. The molecule has 1 aromatic heterocycles. The van der Waals surface area contributed by atoms with Gasteiger partial charge in [0.05, 0.1) is 5.56 Å². The first-order valence-corrected chi connectivity index (χ1v) is 5.44. The smallest absolute Gasteiger partial charge is 0.260 e. The van der Waals surface area contributed by atoms with E-state index >= 15 is 0 Å². The van der Waals surface area contributed by atoms with Crippen LogP contribution in [0.1, 0.15) is 19.7 Å². The molecule has 4 nitrogen and oxygen atoms in total. The molecule has 0 amide bonds. The molecule has 0 aliphatic carbocycles. The van der Waals surface area contributed by atoms with Crippen molar-refractivity contribution >= 4 is 5.69 Å². The highest BCUT2D eigenvalue weighted by Gasteiger charge is 2.13. The van der Waals surface area contributed by atoms with Crippen LogP contribution in [-0.4, -0.2) is 10.1 Å². The number of rotatable bonds is 3. The van der Waals surface area contributed by atoms with Gasteiger partial charge in [-0.3, -0.25) is 0 Å². The van der Waals surface area contributed by atoms with Crippen molar-refractivity contribution in [2.75, 3.05) is 5.73 Å². The molecule has 0 fully saturated rings. The van der Waals surface area contributed by atoms with Crippen LogP contribution < -0.4 is 5.73 Å². The summed E-state index contributed by atoms with van der Waals surface area (Å²) in [7, 11) is 0. The number of hydrogen-bond acceptors (Lipinski definition) is 4. The van der Waals surface area contributed by atoms with E-state index in [1.54, 1.807) is 0 Å². The fourth-order valence-corrected chi connectivity index (χ4v) is 1.53. The molecule has 1 aromatic carbocycles. The van der Waals surface area contributed by atoms with Crippen LogP contribution in [0.25, 0.3) is 11.5 Å². The van der Waals surface area contributed by atoms with Crippen molar-refractivity contribution in [3.8, 4) is 11.5 Å². The van der Waals surface area contributed by atoms with Crippen LogP contribution in [0, 0.1) is 11.7 Å². The molecule has 5 heteroatoms. The van der Waals surface area contributed by atoms with Crippen LogP contribution in [0.4, 0.5) is 10.1 Å². The quantitative estimate of drug-likeness (QED) is 0.830. The predicted octanol–water partition coefficient (Wildman–Crippen LogP) is 2.66. The van der Waals surface area contributed by atoms with Crippen LogP contribution >= 0.6 is 0 Å². The molecule has 2 aromatic rings. The molecule has 0 unspecified atom stereocenters. The van der Waals surface area contributed by atoms with Crippen LogP contribution in [0.3, 0.4) is 0 Å². The van der Waals surface area contributed by atoms with Gasteiger partial charge in [0.25, 0.3) is 5.89 Å². The highest BCUT2D eigenvalue weighted by Crippen LogP contribution is 2.25. The Balaban J connectivity index is 2.33. The normalized spacial score (nSPS) is 11.1. The summed E-state index contributed by atoms with van der Waals surface area (Å²) < 4.78 is 18.2. The minimum atomic E-state index is -0.377. The molecule has 0 spiro atoms.